The Morgan fingerprint density at radius 3 is 2.48 bits per heavy atom. The molecule has 27 heavy (non-hydrogen) atoms. The second-order valence-corrected chi connectivity index (χ2v) is 6.80. The van der Waals surface area contributed by atoms with E-state index in [0.717, 1.165) is 6.42 Å². The molecular formula is C18H28N2O7. The molecular weight excluding hydrogens is 356 g/mol. The molecule has 1 aromatic rings. The van der Waals surface area contributed by atoms with Gasteiger partial charge < -0.3 is 41.4 Å². The number of nitrogens with two attached hydrogens (primary N) is 2. The molecule has 1 amide bonds. The van der Waals surface area contributed by atoms with Crippen molar-refractivity contribution in [3.63, 3.8) is 0 Å². The lowest BCUT2D eigenvalue weighted by Gasteiger charge is -2.50. The Hall–Kier alpha value is -1.91. The summed E-state index contributed by atoms with van der Waals surface area (Å²) in [6.45, 7) is 1.28. The average Bonchev–Trinajstić information content (AvgIpc) is 2.64. The van der Waals surface area contributed by atoms with Crippen molar-refractivity contribution in [1.29, 1.82) is 0 Å². The van der Waals surface area contributed by atoms with Crippen LogP contribution in [0.1, 0.15) is 26.2 Å². The van der Waals surface area contributed by atoms with Crippen LogP contribution in [0.15, 0.2) is 24.3 Å². The van der Waals surface area contributed by atoms with Gasteiger partial charge in [0.2, 0.25) is 12.2 Å². The summed E-state index contributed by atoms with van der Waals surface area (Å²) in [5.74, 6) is -1.83. The molecule has 0 radical (unpaired) electrons. The van der Waals surface area contributed by atoms with Crippen LogP contribution in [-0.4, -0.2) is 63.1 Å². The summed E-state index contributed by atoms with van der Waals surface area (Å²) in [7, 11) is 0. The first kappa shape index (κ1) is 21.4. The van der Waals surface area contributed by atoms with Crippen LogP contribution in [-0.2, 0) is 9.53 Å². The third kappa shape index (κ3) is 4.33. The van der Waals surface area contributed by atoms with E-state index in [1.807, 2.05) is 6.92 Å². The van der Waals surface area contributed by atoms with E-state index < -0.39 is 48.6 Å². The highest BCUT2D eigenvalue weighted by Gasteiger charge is 2.61. The number of primary amides is 1. The van der Waals surface area contributed by atoms with Crippen molar-refractivity contribution in [2.24, 2.45) is 11.7 Å². The van der Waals surface area contributed by atoms with Crippen LogP contribution in [0.5, 0.6) is 5.75 Å². The van der Waals surface area contributed by atoms with Crippen molar-refractivity contribution in [1.82, 2.24) is 0 Å². The van der Waals surface area contributed by atoms with Crippen molar-refractivity contribution in [2.75, 3.05) is 12.3 Å². The summed E-state index contributed by atoms with van der Waals surface area (Å²) in [4.78, 5) is 12.0. The van der Waals surface area contributed by atoms with Crippen LogP contribution in [0.3, 0.4) is 0 Å². The van der Waals surface area contributed by atoms with Crippen LogP contribution >= 0.6 is 0 Å². The van der Waals surface area contributed by atoms with E-state index in [4.69, 9.17) is 20.9 Å². The summed E-state index contributed by atoms with van der Waals surface area (Å²) in [5, 5.41) is 41.5. The van der Waals surface area contributed by atoms with Gasteiger partial charge in [0.05, 0.1) is 12.5 Å². The van der Waals surface area contributed by atoms with E-state index in [0.29, 0.717) is 12.1 Å². The highest BCUT2D eigenvalue weighted by molar-refractivity contribution is 5.78. The SMILES string of the molecule is CCCCC(C(N)=O)[C@]1(O)[C@@H](Oc2ccc(N)cc2)O[C@H](CO)[C@H](O)[C@@H]1O. The first-order chi connectivity index (χ1) is 12.7. The molecule has 2 rings (SSSR count). The Morgan fingerprint density at radius 2 is 1.96 bits per heavy atom. The lowest BCUT2D eigenvalue weighted by atomic mass is 9.74. The number of carbonyl (C=O) groups is 1. The zero-order valence-corrected chi connectivity index (χ0v) is 15.2. The van der Waals surface area contributed by atoms with E-state index in [1.54, 1.807) is 12.1 Å². The molecule has 9 heteroatoms. The summed E-state index contributed by atoms with van der Waals surface area (Å²) >= 11 is 0. The Morgan fingerprint density at radius 1 is 1.33 bits per heavy atom. The lowest BCUT2D eigenvalue weighted by Crippen LogP contribution is -2.72. The van der Waals surface area contributed by atoms with Gasteiger partial charge in [-0.15, -0.1) is 0 Å². The number of benzene rings is 1. The standard InChI is InChI=1S/C18H28N2O7/c1-2-3-4-12(16(20)24)18(25)15(23)14(22)13(9-21)27-17(18)26-11-7-5-10(19)6-8-11/h5-8,12-15,17,21-23,25H,2-4,9,19H2,1H3,(H2,20,24)/t12?,13-,14+,15+,17+,18-/m1/s1. The highest BCUT2D eigenvalue weighted by Crippen LogP contribution is 2.39. The molecule has 1 unspecified atom stereocenters. The number of unbranched alkanes of at least 4 members (excludes halogenated alkanes) is 1. The van der Waals surface area contributed by atoms with Gasteiger partial charge in [-0.1, -0.05) is 19.8 Å². The molecule has 0 aromatic heterocycles. The fraction of sp³-hybridized carbons (Fsp3) is 0.611. The van der Waals surface area contributed by atoms with Gasteiger partial charge in [-0.25, -0.2) is 0 Å². The van der Waals surface area contributed by atoms with Crippen molar-refractivity contribution in [3.8, 4) is 5.75 Å². The quantitative estimate of drug-likeness (QED) is 0.314. The predicted molar refractivity (Wildman–Crippen MR) is 96.4 cm³/mol. The maximum atomic E-state index is 12.0. The van der Waals surface area contributed by atoms with Crippen LogP contribution in [0.25, 0.3) is 0 Å². The maximum Gasteiger partial charge on any atom is 0.232 e. The van der Waals surface area contributed by atoms with E-state index in [-0.39, 0.29) is 12.2 Å². The van der Waals surface area contributed by atoms with E-state index in [2.05, 4.69) is 0 Å². The molecule has 0 saturated carbocycles. The zero-order chi connectivity index (χ0) is 20.2. The molecule has 152 valence electrons. The van der Waals surface area contributed by atoms with Gasteiger partial charge >= 0.3 is 0 Å². The molecule has 9 nitrogen and oxygen atoms in total. The van der Waals surface area contributed by atoms with Crippen LogP contribution < -0.4 is 16.2 Å². The smallest absolute Gasteiger partial charge is 0.232 e. The molecule has 1 aromatic carbocycles. The monoisotopic (exact) mass is 384 g/mol. The van der Waals surface area contributed by atoms with Gasteiger partial charge in [-0.05, 0) is 30.7 Å². The molecule has 1 aliphatic heterocycles. The molecule has 1 aliphatic rings. The molecule has 1 saturated heterocycles. The number of anilines is 1. The van der Waals surface area contributed by atoms with Gasteiger partial charge in [0.25, 0.3) is 0 Å². The van der Waals surface area contributed by atoms with Gasteiger partial charge in [-0.3, -0.25) is 4.79 Å². The van der Waals surface area contributed by atoms with E-state index >= 15 is 0 Å². The number of hydrogen-bond acceptors (Lipinski definition) is 8. The molecule has 1 fully saturated rings. The second kappa shape index (κ2) is 8.85. The zero-order valence-electron chi connectivity index (χ0n) is 15.2. The third-order valence-electron chi connectivity index (χ3n) is 4.91. The Kier molecular flexibility index (Phi) is 7.01. The minimum atomic E-state index is -2.31. The Bertz CT molecular complexity index is 627. The summed E-state index contributed by atoms with van der Waals surface area (Å²) in [5.41, 5.74) is 9.29. The van der Waals surface area contributed by atoms with Crippen LogP contribution in [0.2, 0.25) is 0 Å². The number of aliphatic hydroxyl groups excluding tert-OH is 3. The maximum absolute atomic E-state index is 12.0. The molecule has 8 N–H and O–H groups in total. The fourth-order valence-corrected chi connectivity index (χ4v) is 3.29. The first-order valence-electron chi connectivity index (χ1n) is 8.92. The number of rotatable bonds is 8. The molecule has 0 spiro atoms. The minimum Gasteiger partial charge on any atom is -0.462 e. The van der Waals surface area contributed by atoms with Gasteiger partial charge in [0.1, 0.15) is 24.1 Å². The van der Waals surface area contributed by atoms with E-state index in [1.165, 1.54) is 12.1 Å². The van der Waals surface area contributed by atoms with Crippen LogP contribution in [0, 0.1) is 5.92 Å². The lowest BCUT2D eigenvalue weighted by molar-refractivity contribution is -0.332. The van der Waals surface area contributed by atoms with Crippen molar-refractivity contribution in [3.05, 3.63) is 24.3 Å². The van der Waals surface area contributed by atoms with Crippen molar-refractivity contribution < 1.29 is 34.7 Å². The number of carbonyl (C=O) groups excluding carboxylic acids is 1. The molecule has 0 bridgehead atoms. The number of nitrogen functional groups attached to an aromatic ring is 1. The number of aliphatic hydroxyl groups is 4. The summed E-state index contributed by atoms with van der Waals surface area (Å²) in [6.07, 6.45) is -4.77. The van der Waals surface area contributed by atoms with Crippen molar-refractivity contribution >= 4 is 11.6 Å². The second-order valence-electron chi connectivity index (χ2n) is 6.80. The summed E-state index contributed by atoms with van der Waals surface area (Å²) < 4.78 is 11.2. The Balaban J connectivity index is 2.41. The first-order valence-corrected chi connectivity index (χ1v) is 8.92. The minimum absolute atomic E-state index is 0.168. The fourth-order valence-electron chi connectivity index (χ4n) is 3.29. The van der Waals surface area contributed by atoms with Crippen LogP contribution in [0.4, 0.5) is 5.69 Å². The van der Waals surface area contributed by atoms with Gasteiger partial charge in [-0.2, -0.15) is 0 Å². The largest absolute Gasteiger partial charge is 0.462 e. The normalized spacial score (nSPS) is 32.0. The summed E-state index contributed by atoms with van der Waals surface area (Å²) in [6, 6.07) is 6.18. The number of hydrogen-bond donors (Lipinski definition) is 6. The number of amides is 1. The average molecular weight is 384 g/mol. The Labute approximate surface area is 157 Å². The third-order valence-corrected chi connectivity index (χ3v) is 4.91. The highest BCUT2D eigenvalue weighted by atomic mass is 16.7. The number of ether oxygens (including phenoxy) is 2. The topological polar surface area (TPSA) is 168 Å². The van der Waals surface area contributed by atoms with Gasteiger partial charge in [0.15, 0.2) is 5.60 Å². The van der Waals surface area contributed by atoms with Crippen molar-refractivity contribution in [2.45, 2.75) is 56.4 Å². The van der Waals surface area contributed by atoms with Gasteiger partial charge in [0, 0.05) is 5.69 Å². The predicted octanol–water partition coefficient (Wildman–Crippen LogP) is -0.891. The van der Waals surface area contributed by atoms with E-state index in [9.17, 15) is 25.2 Å². The molecule has 0 aliphatic carbocycles. The molecule has 6 atom stereocenters. The molecule has 1 heterocycles.